The molecule has 0 spiro atoms. The second-order valence-electron chi connectivity index (χ2n) is 7.44. The number of hydrogen-bond acceptors (Lipinski definition) is 4. The predicted molar refractivity (Wildman–Crippen MR) is 106 cm³/mol. The molecule has 1 amide bonds. The standard InChI is InChI=1S/C20H30N2O2S/c1-6-9-16(13-21-19(23)24-20(3,4)5)22-14(2)18-12-15-10-7-8-11-17(15)25-18/h7-8,10-12,14,16,22H,6,9,13H2,1-5H3,(H,21,23). The summed E-state index contributed by atoms with van der Waals surface area (Å²) in [5.74, 6) is 0. The van der Waals surface area contributed by atoms with Crippen LogP contribution < -0.4 is 10.6 Å². The van der Waals surface area contributed by atoms with Crippen molar-refractivity contribution in [2.75, 3.05) is 6.54 Å². The van der Waals surface area contributed by atoms with Gasteiger partial charge in [0.05, 0.1) is 0 Å². The normalized spacial score (nSPS) is 14.3. The molecule has 2 rings (SSSR count). The van der Waals surface area contributed by atoms with Crippen LogP contribution >= 0.6 is 11.3 Å². The third-order valence-corrected chi connectivity index (χ3v) is 5.18. The summed E-state index contributed by atoms with van der Waals surface area (Å²) >= 11 is 1.82. The summed E-state index contributed by atoms with van der Waals surface area (Å²) in [6.07, 6.45) is 1.71. The van der Waals surface area contributed by atoms with E-state index in [0.29, 0.717) is 6.54 Å². The van der Waals surface area contributed by atoms with Crippen LogP contribution in [0.25, 0.3) is 10.1 Å². The average Bonchev–Trinajstić information content (AvgIpc) is 2.95. The Kier molecular flexibility index (Phi) is 6.85. The highest BCUT2D eigenvalue weighted by atomic mass is 32.1. The van der Waals surface area contributed by atoms with E-state index in [1.807, 2.05) is 32.1 Å². The highest BCUT2D eigenvalue weighted by Gasteiger charge is 2.19. The van der Waals surface area contributed by atoms with Gasteiger partial charge < -0.3 is 15.4 Å². The molecule has 0 aliphatic heterocycles. The van der Waals surface area contributed by atoms with Crippen LogP contribution in [0, 0.1) is 0 Å². The van der Waals surface area contributed by atoms with E-state index in [4.69, 9.17) is 4.74 Å². The minimum atomic E-state index is -0.470. The molecule has 0 bridgehead atoms. The molecule has 2 unspecified atom stereocenters. The van der Waals surface area contributed by atoms with Crippen LogP contribution in [0.4, 0.5) is 4.79 Å². The second-order valence-corrected chi connectivity index (χ2v) is 8.56. The van der Waals surface area contributed by atoms with Crippen molar-refractivity contribution in [3.05, 3.63) is 35.2 Å². The van der Waals surface area contributed by atoms with Gasteiger partial charge in [-0.1, -0.05) is 31.5 Å². The summed E-state index contributed by atoms with van der Waals surface area (Å²) in [4.78, 5) is 13.2. The average molecular weight is 363 g/mol. The molecule has 0 radical (unpaired) electrons. The fourth-order valence-electron chi connectivity index (χ4n) is 2.76. The molecule has 1 aromatic heterocycles. The smallest absolute Gasteiger partial charge is 0.407 e. The molecular weight excluding hydrogens is 332 g/mol. The van der Waals surface area contributed by atoms with E-state index < -0.39 is 5.60 Å². The number of amides is 1. The number of thiophene rings is 1. The Morgan fingerprint density at radius 3 is 2.64 bits per heavy atom. The molecule has 2 N–H and O–H groups in total. The Labute approximate surface area is 155 Å². The van der Waals surface area contributed by atoms with Gasteiger partial charge in [-0.3, -0.25) is 0 Å². The van der Waals surface area contributed by atoms with E-state index in [1.54, 1.807) is 0 Å². The number of carbonyl (C=O) groups is 1. The maximum absolute atomic E-state index is 11.9. The van der Waals surface area contributed by atoms with Crippen molar-refractivity contribution in [3.8, 4) is 0 Å². The van der Waals surface area contributed by atoms with Crippen molar-refractivity contribution >= 4 is 27.5 Å². The van der Waals surface area contributed by atoms with Crippen molar-refractivity contribution in [3.63, 3.8) is 0 Å². The Hall–Kier alpha value is -1.59. The largest absolute Gasteiger partial charge is 0.444 e. The first-order chi connectivity index (χ1) is 11.8. The number of carbonyl (C=O) groups excluding carboxylic acids is 1. The molecule has 138 valence electrons. The highest BCUT2D eigenvalue weighted by Crippen LogP contribution is 2.29. The number of benzene rings is 1. The SMILES string of the molecule is CCCC(CNC(=O)OC(C)(C)C)NC(C)c1cc2ccccc2s1. The van der Waals surface area contributed by atoms with Gasteiger partial charge in [0.2, 0.25) is 0 Å². The predicted octanol–water partition coefficient (Wildman–Crippen LogP) is 5.25. The maximum atomic E-state index is 11.9. The molecule has 2 aromatic rings. The lowest BCUT2D eigenvalue weighted by atomic mass is 10.1. The maximum Gasteiger partial charge on any atom is 0.407 e. The van der Waals surface area contributed by atoms with Gasteiger partial charge in [-0.25, -0.2) is 4.79 Å². The summed E-state index contributed by atoms with van der Waals surface area (Å²) < 4.78 is 6.63. The van der Waals surface area contributed by atoms with Crippen LogP contribution in [0.3, 0.4) is 0 Å². The van der Waals surface area contributed by atoms with E-state index >= 15 is 0 Å². The Balaban J connectivity index is 1.94. The van der Waals surface area contributed by atoms with E-state index in [0.717, 1.165) is 12.8 Å². The highest BCUT2D eigenvalue weighted by molar-refractivity contribution is 7.19. The first kappa shape index (κ1) is 19.7. The number of fused-ring (bicyclic) bond motifs is 1. The van der Waals surface area contributed by atoms with Crippen molar-refractivity contribution in [1.82, 2.24) is 10.6 Å². The lowest BCUT2D eigenvalue weighted by molar-refractivity contribution is 0.0521. The molecule has 0 saturated carbocycles. The molecule has 0 aliphatic carbocycles. The summed E-state index contributed by atoms with van der Waals surface area (Å²) in [7, 11) is 0. The molecule has 0 saturated heterocycles. The Bertz CT molecular complexity index is 657. The summed E-state index contributed by atoms with van der Waals surface area (Å²) in [5, 5.41) is 7.83. The van der Waals surface area contributed by atoms with Crippen LogP contribution in [0.15, 0.2) is 30.3 Å². The molecule has 1 aromatic carbocycles. The molecule has 4 nitrogen and oxygen atoms in total. The topological polar surface area (TPSA) is 50.4 Å². The number of ether oxygens (including phenoxy) is 1. The number of rotatable bonds is 7. The lowest BCUT2D eigenvalue weighted by Crippen LogP contribution is -2.43. The van der Waals surface area contributed by atoms with Crippen LogP contribution in [0.2, 0.25) is 0 Å². The number of nitrogens with one attached hydrogen (secondary N) is 2. The van der Waals surface area contributed by atoms with Gasteiger partial charge >= 0.3 is 6.09 Å². The van der Waals surface area contributed by atoms with E-state index in [2.05, 4.69) is 54.8 Å². The van der Waals surface area contributed by atoms with Crippen molar-refractivity contribution in [2.45, 2.75) is 65.1 Å². The fraction of sp³-hybridized carbons (Fsp3) is 0.550. The molecule has 1 heterocycles. The second kappa shape index (κ2) is 8.68. The quantitative estimate of drug-likeness (QED) is 0.708. The van der Waals surface area contributed by atoms with E-state index in [-0.39, 0.29) is 18.2 Å². The van der Waals surface area contributed by atoms with Crippen molar-refractivity contribution < 1.29 is 9.53 Å². The number of hydrogen-bond donors (Lipinski definition) is 2. The molecular formula is C20H30N2O2S. The zero-order chi connectivity index (χ0) is 18.4. The van der Waals surface area contributed by atoms with Gasteiger partial charge in [0.25, 0.3) is 0 Å². The van der Waals surface area contributed by atoms with Crippen LogP contribution in [-0.4, -0.2) is 24.3 Å². The molecule has 25 heavy (non-hydrogen) atoms. The van der Waals surface area contributed by atoms with Gasteiger partial charge in [-0.05, 0) is 51.6 Å². The Morgan fingerprint density at radius 1 is 1.28 bits per heavy atom. The van der Waals surface area contributed by atoms with Gasteiger partial charge in [0.15, 0.2) is 0 Å². The van der Waals surface area contributed by atoms with E-state index in [1.165, 1.54) is 15.0 Å². The molecule has 0 fully saturated rings. The first-order valence-electron chi connectivity index (χ1n) is 9.00. The minimum Gasteiger partial charge on any atom is -0.444 e. The van der Waals surface area contributed by atoms with Gasteiger partial charge in [0.1, 0.15) is 5.60 Å². The van der Waals surface area contributed by atoms with Crippen molar-refractivity contribution in [1.29, 1.82) is 0 Å². The Morgan fingerprint density at radius 2 is 2.00 bits per heavy atom. The van der Waals surface area contributed by atoms with Gasteiger partial charge in [-0.15, -0.1) is 11.3 Å². The van der Waals surface area contributed by atoms with Gasteiger partial charge in [0, 0.05) is 28.2 Å². The first-order valence-corrected chi connectivity index (χ1v) is 9.81. The van der Waals surface area contributed by atoms with Crippen LogP contribution in [-0.2, 0) is 4.74 Å². The summed E-state index contributed by atoms with van der Waals surface area (Å²) in [6.45, 7) is 10.5. The van der Waals surface area contributed by atoms with Crippen LogP contribution in [0.5, 0.6) is 0 Å². The van der Waals surface area contributed by atoms with E-state index in [9.17, 15) is 4.79 Å². The van der Waals surface area contributed by atoms with Crippen molar-refractivity contribution in [2.24, 2.45) is 0 Å². The molecule has 5 heteroatoms. The monoisotopic (exact) mass is 362 g/mol. The third kappa shape index (κ3) is 6.33. The zero-order valence-electron chi connectivity index (χ0n) is 15.9. The zero-order valence-corrected chi connectivity index (χ0v) is 16.7. The van der Waals surface area contributed by atoms with Gasteiger partial charge in [-0.2, -0.15) is 0 Å². The fourth-order valence-corrected chi connectivity index (χ4v) is 3.84. The molecule has 2 atom stereocenters. The molecule has 0 aliphatic rings. The third-order valence-electron chi connectivity index (χ3n) is 3.89. The summed E-state index contributed by atoms with van der Waals surface area (Å²) in [5.41, 5.74) is -0.470. The van der Waals surface area contributed by atoms with Crippen LogP contribution in [0.1, 0.15) is 58.4 Å². The minimum absolute atomic E-state index is 0.220. The summed E-state index contributed by atoms with van der Waals surface area (Å²) in [6, 6.07) is 11.2. The number of alkyl carbamates (subject to hydrolysis) is 1. The lowest BCUT2D eigenvalue weighted by Gasteiger charge is -2.24.